The molecule has 1 aliphatic heterocycles. The van der Waals surface area contributed by atoms with Crippen molar-refractivity contribution in [3.63, 3.8) is 0 Å². The van der Waals surface area contributed by atoms with Gasteiger partial charge in [-0.05, 0) is 56.5 Å². The molecule has 3 heteroatoms. The first-order valence-electron chi connectivity index (χ1n) is 13.6. The minimum absolute atomic E-state index is 0.837. The normalized spacial score (nSPS) is 14.6. The third-order valence-corrected chi connectivity index (χ3v) is 6.72. The predicted molar refractivity (Wildman–Crippen MR) is 141 cm³/mol. The third-order valence-electron chi connectivity index (χ3n) is 6.72. The topological polar surface area (TPSA) is 15.7 Å². The molecule has 32 heavy (non-hydrogen) atoms. The molecule has 1 aromatic carbocycles. The summed E-state index contributed by atoms with van der Waals surface area (Å²) in [6, 6.07) is 8.77. The summed E-state index contributed by atoms with van der Waals surface area (Å²) < 4.78 is 5.96. The summed E-state index contributed by atoms with van der Waals surface area (Å²) in [5.41, 5.74) is 1.34. The van der Waals surface area contributed by atoms with Crippen LogP contribution in [0, 0.1) is 0 Å². The van der Waals surface area contributed by atoms with Crippen molar-refractivity contribution < 1.29 is 4.74 Å². The van der Waals surface area contributed by atoms with Crippen LogP contribution in [0.15, 0.2) is 36.9 Å². The van der Waals surface area contributed by atoms with Gasteiger partial charge in [-0.15, -0.1) is 6.58 Å². The molecule has 0 N–H and O–H groups in total. The molecular weight excluding hydrogens is 392 g/mol. The van der Waals surface area contributed by atoms with E-state index in [0.717, 1.165) is 38.3 Å². The van der Waals surface area contributed by atoms with Crippen LogP contribution in [-0.2, 0) is 0 Å². The largest absolute Gasteiger partial charge is 0.494 e. The minimum atomic E-state index is 0.837. The second-order valence-corrected chi connectivity index (χ2v) is 9.49. The highest BCUT2D eigenvalue weighted by Crippen LogP contribution is 2.21. The smallest absolute Gasteiger partial charge is 0.119 e. The van der Waals surface area contributed by atoms with E-state index in [1.54, 1.807) is 0 Å². The zero-order valence-electron chi connectivity index (χ0n) is 21.0. The molecule has 1 heterocycles. The Hall–Kier alpha value is -1.48. The van der Waals surface area contributed by atoms with Gasteiger partial charge >= 0.3 is 0 Å². The first-order chi connectivity index (χ1) is 15.8. The molecule has 1 fully saturated rings. The van der Waals surface area contributed by atoms with Crippen LogP contribution in [-0.4, -0.2) is 44.2 Å². The fraction of sp³-hybridized carbons (Fsp3) is 0.724. The minimum Gasteiger partial charge on any atom is -0.494 e. The highest BCUT2D eigenvalue weighted by Gasteiger charge is 2.16. The van der Waals surface area contributed by atoms with E-state index in [9.17, 15) is 0 Å². The predicted octanol–water partition coefficient (Wildman–Crippen LogP) is 7.85. The molecule has 3 nitrogen and oxygen atoms in total. The average Bonchev–Trinajstić information content (AvgIpc) is 2.83. The van der Waals surface area contributed by atoms with Gasteiger partial charge in [0.1, 0.15) is 5.75 Å². The van der Waals surface area contributed by atoms with Crippen LogP contribution in [0.1, 0.15) is 96.8 Å². The Balaban J connectivity index is 1.51. The van der Waals surface area contributed by atoms with Crippen molar-refractivity contribution in [2.24, 2.45) is 0 Å². The van der Waals surface area contributed by atoms with Gasteiger partial charge in [-0.1, -0.05) is 77.2 Å². The lowest BCUT2D eigenvalue weighted by molar-refractivity contribution is 0.252. The highest BCUT2D eigenvalue weighted by atomic mass is 16.5. The van der Waals surface area contributed by atoms with E-state index >= 15 is 0 Å². The van der Waals surface area contributed by atoms with Crippen LogP contribution in [0.4, 0.5) is 5.69 Å². The van der Waals surface area contributed by atoms with Crippen LogP contribution in [0.5, 0.6) is 5.75 Å². The summed E-state index contributed by atoms with van der Waals surface area (Å²) in [5, 5.41) is 0. The second kappa shape index (κ2) is 18.0. The lowest BCUT2D eigenvalue weighted by Crippen LogP contribution is -2.46. The Morgan fingerprint density at radius 3 is 2.00 bits per heavy atom. The monoisotopic (exact) mass is 442 g/mol. The van der Waals surface area contributed by atoms with Gasteiger partial charge in [-0.2, -0.15) is 0 Å². The molecule has 2 rings (SSSR count). The third kappa shape index (κ3) is 11.9. The maximum Gasteiger partial charge on any atom is 0.119 e. The van der Waals surface area contributed by atoms with Crippen molar-refractivity contribution in [3.05, 3.63) is 36.9 Å². The lowest BCUT2D eigenvalue weighted by Gasteiger charge is -2.36. The average molecular weight is 443 g/mol. The SMILES string of the molecule is C=CCCCCCCCCOc1ccc(N2CCN(CCCCCCCCC)CC2)cc1. The molecule has 0 saturated carbocycles. The van der Waals surface area contributed by atoms with E-state index < -0.39 is 0 Å². The number of piperazine rings is 1. The van der Waals surface area contributed by atoms with E-state index in [2.05, 4.69) is 47.6 Å². The number of nitrogens with zero attached hydrogens (tertiary/aromatic N) is 2. The van der Waals surface area contributed by atoms with E-state index in [0.29, 0.717) is 0 Å². The van der Waals surface area contributed by atoms with Gasteiger partial charge in [-0.3, -0.25) is 4.90 Å². The maximum atomic E-state index is 5.96. The Bertz CT molecular complexity index is 563. The number of allylic oxidation sites excluding steroid dienone is 1. The second-order valence-electron chi connectivity index (χ2n) is 9.49. The number of benzene rings is 1. The first-order valence-corrected chi connectivity index (χ1v) is 13.6. The number of hydrogen-bond acceptors (Lipinski definition) is 3. The van der Waals surface area contributed by atoms with Crippen molar-refractivity contribution in [2.75, 3.05) is 44.2 Å². The zero-order chi connectivity index (χ0) is 22.7. The van der Waals surface area contributed by atoms with Crippen LogP contribution < -0.4 is 9.64 Å². The van der Waals surface area contributed by atoms with Gasteiger partial charge in [0.2, 0.25) is 0 Å². The molecule has 1 aliphatic rings. The van der Waals surface area contributed by atoms with Crippen LogP contribution in [0.2, 0.25) is 0 Å². The van der Waals surface area contributed by atoms with Crippen molar-refractivity contribution in [1.82, 2.24) is 4.90 Å². The molecule has 0 atom stereocenters. The quantitative estimate of drug-likeness (QED) is 0.160. The van der Waals surface area contributed by atoms with Gasteiger partial charge in [0.05, 0.1) is 6.61 Å². The summed E-state index contributed by atoms with van der Waals surface area (Å²) in [6.45, 7) is 12.9. The molecule has 0 aliphatic carbocycles. The molecule has 182 valence electrons. The molecule has 0 aromatic heterocycles. The van der Waals surface area contributed by atoms with Crippen LogP contribution in [0.3, 0.4) is 0 Å². The molecule has 1 saturated heterocycles. The molecule has 0 amide bonds. The molecule has 0 unspecified atom stereocenters. The van der Waals surface area contributed by atoms with Gasteiger partial charge in [-0.25, -0.2) is 0 Å². The Morgan fingerprint density at radius 1 is 0.750 bits per heavy atom. The lowest BCUT2D eigenvalue weighted by atomic mass is 10.1. The summed E-state index contributed by atoms with van der Waals surface area (Å²) in [5.74, 6) is 1.01. The number of rotatable bonds is 19. The van der Waals surface area contributed by atoms with Crippen LogP contribution >= 0.6 is 0 Å². The fourth-order valence-electron chi connectivity index (χ4n) is 4.56. The number of anilines is 1. The van der Waals surface area contributed by atoms with Crippen molar-refractivity contribution in [2.45, 2.75) is 96.8 Å². The summed E-state index contributed by atoms with van der Waals surface area (Å²) in [6.07, 6.45) is 20.7. The standard InChI is InChI=1S/C29H50N2O/c1-3-5-7-9-11-13-15-17-27-32-29-20-18-28(19-21-29)31-25-23-30(24-26-31)22-16-14-12-10-8-6-4-2/h3,18-21H,1,4-17,22-27H2,2H3. The van der Waals surface area contributed by atoms with E-state index in [-0.39, 0.29) is 0 Å². The van der Waals surface area contributed by atoms with E-state index in [1.807, 2.05) is 6.08 Å². The van der Waals surface area contributed by atoms with E-state index in [4.69, 9.17) is 4.74 Å². The molecule has 1 aromatic rings. The number of hydrogen-bond donors (Lipinski definition) is 0. The highest BCUT2D eigenvalue weighted by molar-refractivity contribution is 5.49. The molecule has 0 spiro atoms. The van der Waals surface area contributed by atoms with Gasteiger partial charge in [0.15, 0.2) is 0 Å². The van der Waals surface area contributed by atoms with Crippen molar-refractivity contribution in [3.8, 4) is 5.75 Å². The summed E-state index contributed by atoms with van der Waals surface area (Å²) in [4.78, 5) is 5.18. The molecule has 0 bridgehead atoms. The van der Waals surface area contributed by atoms with E-state index in [1.165, 1.54) is 102 Å². The summed E-state index contributed by atoms with van der Waals surface area (Å²) in [7, 11) is 0. The Morgan fingerprint density at radius 2 is 1.34 bits per heavy atom. The van der Waals surface area contributed by atoms with Crippen molar-refractivity contribution >= 4 is 5.69 Å². The molecular formula is C29H50N2O. The van der Waals surface area contributed by atoms with Gasteiger partial charge in [0.25, 0.3) is 0 Å². The van der Waals surface area contributed by atoms with Gasteiger partial charge in [0, 0.05) is 31.9 Å². The Kier molecular flexibility index (Phi) is 15.1. The van der Waals surface area contributed by atoms with Crippen molar-refractivity contribution in [1.29, 1.82) is 0 Å². The molecule has 0 radical (unpaired) electrons. The maximum absolute atomic E-state index is 5.96. The fourth-order valence-corrected chi connectivity index (χ4v) is 4.56. The van der Waals surface area contributed by atoms with Gasteiger partial charge < -0.3 is 9.64 Å². The van der Waals surface area contributed by atoms with Crippen LogP contribution in [0.25, 0.3) is 0 Å². The number of ether oxygens (including phenoxy) is 1. The Labute approximate surface area is 199 Å². The summed E-state index contributed by atoms with van der Waals surface area (Å²) >= 11 is 0. The first kappa shape index (κ1) is 26.8. The number of unbranched alkanes of at least 4 members (excludes halogenated alkanes) is 12. The zero-order valence-corrected chi connectivity index (χ0v) is 21.0.